The minimum Gasteiger partial charge on any atom is -0.437 e. The van der Waals surface area contributed by atoms with Crippen molar-refractivity contribution in [3.63, 3.8) is 0 Å². The van der Waals surface area contributed by atoms with Gasteiger partial charge in [-0.3, -0.25) is 0 Å². The van der Waals surface area contributed by atoms with Crippen molar-refractivity contribution in [1.29, 1.82) is 0 Å². The maximum atomic E-state index is 10.3. The largest absolute Gasteiger partial charge is 0.437 e. The van der Waals surface area contributed by atoms with E-state index in [1.807, 2.05) is 32.7 Å². The fraction of sp³-hybridized carbons (Fsp3) is 1.00. The van der Waals surface area contributed by atoms with Crippen molar-refractivity contribution < 1.29 is 21.6 Å². The fourth-order valence-electron chi connectivity index (χ4n) is 1.86. The molecule has 0 aliphatic carbocycles. The van der Waals surface area contributed by atoms with Gasteiger partial charge in [-0.05, 0) is 52.4 Å². The Balaban J connectivity index is 4.74. The lowest BCUT2D eigenvalue weighted by atomic mass is 11.8. The Morgan fingerprint density at radius 1 is 0.950 bits per heavy atom. The van der Waals surface area contributed by atoms with Crippen molar-refractivity contribution in [3.05, 3.63) is 0 Å². The summed E-state index contributed by atoms with van der Waals surface area (Å²) in [5.41, 5.74) is 0. The molecule has 2 atom stereocenters. The lowest BCUT2D eigenvalue weighted by molar-refractivity contribution is 0.294. The topological polar surface area (TPSA) is 57.2 Å². The standard InChI is InChI=1S/C9H29O5Si6/c1-11-20(15,18(6,7)10)13-16(2)12-19(8,9)14-17(3,4)5/h10,16H,1-9H3. The van der Waals surface area contributed by atoms with Crippen LogP contribution in [0.2, 0.25) is 52.4 Å². The molecule has 2 unspecified atom stereocenters. The van der Waals surface area contributed by atoms with Gasteiger partial charge >= 0.3 is 16.2 Å². The molecule has 5 nitrogen and oxygen atoms in total. The average Bonchev–Trinajstić information content (AvgIpc) is 2.09. The van der Waals surface area contributed by atoms with E-state index in [1.54, 1.807) is 7.11 Å². The molecule has 0 aliphatic rings. The summed E-state index contributed by atoms with van der Waals surface area (Å²) in [6.45, 7) is 16.1. The third kappa shape index (κ3) is 7.39. The predicted octanol–water partition coefficient (Wildman–Crippen LogP) is 1.45. The molecular formula is C9H29O5Si6. The quantitative estimate of drug-likeness (QED) is 0.641. The molecule has 0 aliphatic heterocycles. The Labute approximate surface area is 132 Å². The van der Waals surface area contributed by atoms with Crippen LogP contribution in [0.5, 0.6) is 0 Å². The molecule has 0 rings (SSSR count). The molecule has 0 heterocycles. The highest BCUT2D eigenvalue weighted by Gasteiger charge is 2.50. The first kappa shape index (κ1) is 21.1. The SMILES string of the molecule is CO[Si]([Si])(O[SiH](C)O[Si](C)(C)O[Si](C)(C)C)[Si](C)(C)O. The lowest BCUT2D eigenvalue weighted by Gasteiger charge is -2.39. The molecule has 0 saturated carbocycles. The van der Waals surface area contributed by atoms with E-state index in [4.69, 9.17) is 16.8 Å². The lowest BCUT2D eigenvalue weighted by Crippen LogP contribution is -2.67. The van der Waals surface area contributed by atoms with Crippen LogP contribution in [0, 0.1) is 0 Å². The molecule has 0 aromatic rings. The van der Waals surface area contributed by atoms with Crippen molar-refractivity contribution in [2.75, 3.05) is 7.11 Å². The van der Waals surface area contributed by atoms with Crippen LogP contribution < -0.4 is 0 Å². The van der Waals surface area contributed by atoms with Crippen LogP contribution >= 0.6 is 0 Å². The molecule has 0 aromatic heterocycles. The van der Waals surface area contributed by atoms with Crippen LogP contribution in [-0.4, -0.2) is 63.3 Å². The van der Waals surface area contributed by atoms with Crippen LogP contribution in [0.1, 0.15) is 0 Å². The predicted molar refractivity (Wildman–Crippen MR) is 95.3 cm³/mol. The van der Waals surface area contributed by atoms with E-state index in [9.17, 15) is 4.80 Å². The average molecular weight is 386 g/mol. The Hall–Kier alpha value is 1.10. The van der Waals surface area contributed by atoms with Crippen molar-refractivity contribution in [2.45, 2.75) is 52.4 Å². The Morgan fingerprint density at radius 3 is 1.70 bits per heavy atom. The van der Waals surface area contributed by atoms with Crippen LogP contribution in [0.3, 0.4) is 0 Å². The van der Waals surface area contributed by atoms with Gasteiger partial charge < -0.3 is 21.6 Å². The molecule has 0 spiro atoms. The molecule has 3 radical (unpaired) electrons. The fourth-order valence-corrected chi connectivity index (χ4v) is 23.2. The molecule has 0 saturated heterocycles. The van der Waals surface area contributed by atoms with Gasteiger partial charge in [0.1, 0.15) is 0 Å². The molecule has 20 heavy (non-hydrogen) atoms. The first-order chi connectivity index (χ1) is 8.62. The number of hydrogen-bond donors (Lipinski definition) is 1. The summed E-state index contributed by atoms with van der Waals surface area (Å²) in [5, 5.41) is 0. The summed E-state index contributed by atoms with van der Waals surface area (Å²) in [6.07, 6.45) is 0. The molecule has 11 heteroatoms. The van der Waals surface area contributed by atoms with Gasteiger partial charge in [0, 0.05) is 7.11 Å². The Kier molecular flexibility index (Phi) is 7.51. The van der Waals surface area contributed by atoms with Gasteiger partial charge in [0.05, 0.1) is 9.76 Å². The Morgan fingerprint density at radius 2 is 1.40 bits per heavy atom. The van der Waals surface area contributed by atoms with Gasteiger partial charge in [-0.25, -0.2) is 0 Å². The molecule has 0 bridgehead atoms. The minimum atomic E-state index is -2.73. The highest BCUT2D eigenvalue weighted by atomic mass is 29.6. The van der Waals surface area contributed by atoms with E-state index in [0.29, 0.717) is 0 Å². The molecule has 119 valence electrons. The van der Waals surface area contributed by atoms with Gasteiger partial charge in [-0.1, -0.05) is 0 Å². The summed E-state index contributed by atoms with van der Waals surface area (Å²) in [4.78, 5) is 10.3. The third-order valence-electron chi connectivity index (χ3n) is 2.43. The second kappa shape index (κ2) is 7.12. The summed E-state index contributed by atoms with van der Waals surface area (Å²) in [5.74, 6) is 0. The molecule has 0 fully saturated rings. The summed E-state index contributed by atoms with van der Waals surface area (Å²) in [6, 6.07) is 0. The normalized spacial score (nSPS) is 18.8. The highest BCUT2D eigenvalue weighted by molar-refractivity contribution is 7.51. The summed E-state index contributed by atoms with van der Waals surface area (Å²) < 4.78 is 23.8. The van der Waals surface area contributed by atoms with Crippen LogP contribution in [0.15, 0.2) is 0 Å². The number of rotatable bonds is 8. The Bertz CT molecular complexity index is 315. The highest BCUT2D eigenvalue weighted by Crippen LogP contribution is 2.20. The van der Waals surface area contributed by atoms with Crippen molar-refractivity contribution >= 4 is 51.4 Å². The van der Waals surface area contributed by atoms with Gasteiger partial charge in [0.25, 0.3) is 9.28 Å². The molecule has 0 aromatic carbocycles. The van der Waals surface area contributed by atoms with Gasteiger partial charge in [0.2, 0.25) is 7.83 Å². The second-order valence-corrected chi connectivity index (χ2v) is 31.5. The van der Waals surface area contributed by atoms with E-state index in [0.717, 1.165) is 0 Å². The first-order valence-electron chi connectivity index (χ1n) is 6.70. The maximum Gasteiger partial charge on any atom is 0.312 e. The van der Waals surface area contributed by atoms with E-state index in [1.165, 1.54) is 0 Å². The smallest absolute Gasteiger partial charge is 0.312 e. The monoisotopic (exact) mass is 385 g/mol. The van der Waals surface area contributed by atoms with Gasteiger partial charge in [0.15, 0.2) is 8.32 Å². The van der Waals surface area contributed by atoms with Crippen molar-refractivity contribution in [2.24, 2.45) is 0 Å². The van der Waals surface area contributed by atoms with Gasteiger partial charge in [-0.15, -0.1) is 0 Å². The molecule has 1 N–H and O–H groups in total. The van der Waals surface area contributed by atoms with E-state index < -0.39 is 41.6 Å². The second-order valence-electron chi connectivity index (χ2n) is 6.80. The van der Waals surface area contributed by atoms with E-state index in [2.05, 4.69) is 29.4 Å². The zero-order valence-electron chi connectivity index (χ0n) is 14.2. The van der Waals surface area contributed by atoms with Crippen LogP contribution in [-0.2, 0) is 16.8 Å². The van der Waals surface area contributed by atoms with E-state index >= 15 is 0 Å². The third-order valence-corrected chi connectivity index (χ3v) is 29.0. The van der Waals surface area contributed by atoms with Crippen LogP contribution in [0.25, 0.3) is 0 Å². The molecule has 0 amide bonds. The number of hydrogen-bond acceptors (Lipinski definition) is 5. The molecular weight excluding hydrogens is 357 g/mol. The maximum absolute atomic E-state index is 10.3. The zero-order chi connectivity index (χ0) is 16.4. The van der Waals surface area contributed by atoms with Crippen molar-refractivity contribution in [3.8, 4) is 0 Å². The van der Waals surface area contributed by atoms with Gasteiger partial charge in [-0.2, -0.15) is 0 Å². The summed E-state index contributed by atoms with van der Waals surface area (Å²) >= 11 is 0. The summed E-state index contributed by atoms with van der Waals surface area (Å²) in [7, 11) is -5.89. The minimum absolute atomic E-state index is 1.58. The van der Waals surface area contributed by atoms with E-state index in [-0.39, 0.29) is 0 Å². The zero-order valence-corrected chi connectivity index (χ0v) is 20.3. The van der Waals surface area contributed by atoms with Crippen LogP contribution in [0.4, 0.5) is 0 Å². The van der Waals surface area contributed by atoms with Crippen molar-refractivity contribution in [1.82, 2.24) is 0 Å². The first-order valence-corrected chi connectivity index (χ1v) is 22.3.